The summed E-state index contributed by atoms with van der Waals surface area (Å²) >= 11 is 0. The van der Waals surface area contributed by atoms with Crippen molar-refractivity contribution in [3.05, 3.63) is 5.82 Å². The third-order valence-electron chi connectivity index (χ3n) is 1.35. The molecule has 7 heteroatoms. The van der Waals surface area contributed by atoms with Gasteiger partial charge in [0.1, 0.15) is 6.04 Å². The van der Waals surface area contributed by atoms with E-state index in [0.29, 0.717) is 6.92 Å². The van der Waals surface area contributed by atoms with Crippen molar-refractivity contribution in [2.75, 3.05) is 0 Å². The van der Waals surface area contributed by atoms with Gasteiger partial charge in [-0.3, -0.25) is 0 Å². The molecule has 0 radical (unpaired) electrons. The van der Waals surface area contributed by atoms with E-state index in [1.165, 1.54) is 7.05 Å². The standard InChI is InChI=1S/C5H9F2N5/c1-5(6,7)3(8)4-9-11-12(2)10-4/h3H,8H2,1-2H3. The molecular formula is C5H9F2N5. The van der Waals surface area contributed by atoms with E-state index < -0.39 is 12.0 Å². The number of aromatic nitrogens is 4. The predicted molar refractivity (Wildman–Crippen MR) is 36.3 cm³/mol. The minimum absolute atomic E-state index is 0.148. The molecule has 0 saturated heterocycles. The smallest absolute Gasteiger partial charge is 0.267 e. The normalized spacial score (nSPS) is 14.8. The van der Waals surface area contributed by atoms with Crippen molar-refractivity contribution >= 4 is 0 Å². The lowest BCUT2D eigenvalue weighted by molar-refractivity contribution is -0.00889. The summed E-state index contributed by atoms with van der Waals surface area (Å²) in [6, 6.07) is -1.49. The predicted octanol–water partition coefficient (Wildman–Crippen LogP) is -0.135. The van der Waals surface area contributed by atoms with Crippen LogP contribution in [0.2, 0.25) is 0 Å². The molecule has 0 spiro atoms. The molecule has 1 unspecified atom stereocenters. The van der Waals surface area contributed by atoms with Crippen molar-refractivity contribution in [1.29, 1.82) is 0 Å². The Bertz CT molecular complexity index is 265. The highest BCUT2D eigenvalue weighted by Crippen LogP contribution is 2.25. The molecule has 0 aromatic carbocycles. The Morgan fingerprint density at radius 2 is 2.17 bits per heavy atom. The molecule has 1 heterocycles. The summed E-state index contributed by atoms with van der Waals surface area (Å²) in [5, 5.41) is 10.3. The molecular weight excluding hydrogens is 168 g/mol. The first-order valence-electron chi connectivity index (χ1n) is 3.28. The van der Waals surface area contributed by atoms with E-state index in [9.17, 15) is 8.78 Å². The SMILES string of the molecule is Cn1nnc(C(N)C(C)(F)F)n1. The summed E-state index contributed by atoms with van der Waals surface area (Å²) in [6.07, 6.45) is 0. The first-order valence-corrected chi connectivity index (χ1v) is 3.28. The maximum Gasteiger partial charge on any atom is 0.267 e. The number of rotatable bonds is 2. The van der Waals surface area contributed by atoms with Crippen molar-refractivity contribution < 1.29 is 8.78 Å². The Morgan fingerprint density at radius 1 is 1.58 bits per heavy atom. The molecule has 1 aromatic heterocycles. The third kappa shape index (κ3) is 1.73. The quantitative estimate of drug-likeness (QED) is 0.682. The zero-order valence-corrected chi connectivity index (χ0v) is 6.70. The minimum atomic E-state index is -3.02. The molecule has 0 bridgehead atoms. The van der Waals surface area contributed by atoms with Crippen LogP contribution in [-0.4, -0.2) is 26.1 Å². The van der Waals surface area contributed by atoms with Crippen LogP contribution in [0, 0.1) is 0 Å². The molecule has 0 aliphatic heterocycles. The molecule has 2 N–H and O–H groups in total. The Hall–Kier alpha value is -1.11. The van der Waals surface area contributed by atoms with Crippen LogP contribution < -0.4 is 5.73 Å². The third-order valence-corrected chi connectivity index (χ3v) is 1.35. The fourth-order valence-corrected chi connectivity index (χ4v) is 0.650. The Morgan fingerprint density at radius 3 is 2.50 bits per heavy atom. The summed E-state index contributed by atoms with van der Waals surface area (Å²) in [4.78, 5) is 1.08. The number of halogens is 2. The number of nitrogens with two attached hydrogens (primary N) is 1. The molecule has 0 amide bonds. The topological polar surface area (TPSA) is 69.6 Å². The van der Waals surface area contributed by atoms with E-state index in [0.717, 1.165) is 4.80 Å². The summed E-state index contributed by atoms with van der Waals surface area (Å²) in [6.45, 7) is 0.716. The van der Waals surface area contributed by atoms with Gasteiger partial charge >= 0.3 is 0 Å². The average Bonchev–Trinajstić information content (AvgIpc) is 2.32. The van der Waals surface area contributed by atoms with Gasteiger partial charge in [0.05, 0.1) is 7.05 Å². The second kappa shape index (κ2) is 2.74. The number of tetrazole rings is 1. The monoisotopic (exact) mass is 177 g/mol. The Labute approximate surface area is 67.5 Å². The summed E-state index contributed by atoms with van der Waals surface area (Å²) in [7, 11) is 1.48. The van der Waals surface area contributed by atoms with Gasteiger partial charge in [-0.1, -0.05) is 0 Å². The number of aryl methyl sites for hydroxylation is 1. The number of alkyl halides is 2. The van der Waals surface area contributed by atoms with Crippen LogP contribution in [0.15, 0.2) is 0 Å². The van der Waals surface area contributed by atoms with Crippen LogP contribution in [0.1, 0.15) is 18.8 Å². The zero-order chi connectivity index (χ0) is 9.35. The maximum absolute atomic E-state index is 12.6. The highest BCUT2D eigenvalue weighted by molar-refractivity contribution is 4.93. The molecule has 68 valence electrons. The Kier molecular flexibility index (Phi) is 2.05. The van der Waals surface area contributed by atoms with Crippen LogP contribution in [-0.2, 0) is 7.05 Å². The molecule has 12 heavy (non-hydrogen) atoms. The lowest BCUT2D eigenvalue weighted by atomic mass is 10.2. The van der Waals surface area contributed by atoms with Crippen molar-refractivity contribution in [1.82, 2.24) is 20.2 Å². The van der Waals surface area contributed by atoms with Crippen LogP contribution in [0.4, 0.5) is 8.78 Å². The first-order chi connectivity index (χ1) is 5.41. The molecule has 1 rings (SSSR count). The number of nitrogens with zero attached hydrogens (tertiary/aromatic N) is 4. The zero-order valence-electron chi connectivity index (χ0n) is 6.70. The van der Waals surface area contributed by atoms with Crippen molar-refractivity contribution in [3.63, 3.8) is 0 Å². The van der Waals surface area contributed by atoms with Crippen LogP contribution >= 0.6 is 0 Å². The van der Waals surface area contributed by atoms with Gasteiger partial charge in [0.25, 0.3) is 5.92 Å². The molecule has 1 atom stereocenters. The highest BCUT2D eigenvalue weighted by Gasteiger charge is 2.35. The molecule has 5 nitrogen and oxygen atoms in total. The fourth-order valence-electron chi connectivity index (χ4n) is 0.650. The number of hydrogen-bond acceptors (Lipinski definition) is 4. The van der Waals surface area contributed by atoms with Gasteiger partial charge in [0, 0.05) is 6.92 Å². The van der Waals surface area contributed by atoms with E-state index >= 15 is 0 Å². The maximum atomic E-state index is 12.6. The van der Waals surface area contributed by atoms with E-state index in [-0.39, 0.29) is 5.82 Å². The average molecular weight is 177 g/mol. The lowest BCUT2D eigenvalue weighted by Crippen LogP contribution is -2.30. The fraction of sp³-hybridized carbons (Fsp3) is 0.800. The van der Waals surface area contributed by atoms with Gasteiger partial charge in [-0.2, -0.15) is 4.80 Å². The van der Waals surface area contributed by atoms with E-state index in [1.807, 2.05) is 0 Å². The molecule has 1 aromatic rings. The minimum Gasteiger partial charge on any atom is -0.316 e. The van der Waals surface area contributed by atoms with E-state index in [4.69, 9.17) is 5.73 Å². The molecule has 0 fully saturated rings. The van der Waals surface area contributed by atoms with Crippen molar-refractivity contribution in [3.8, 4) is 0 Å². The van der Waals surface area contributed by atoms with Gasteiger partial charge < -0.3 is 5.73 Å². The van der Waals surface area contributed by atoms with E-state index in [2.05, 4.69) is 15.4 Å². The van der Waals surface area contributed by atoms with Crippen LogP contribution in [0.3, 0.4) is 0 Å². The van der Waals surface area contributed by atoms with Gasteiger partial charge in [0.15, 0.2) is 5.82 Å². The Balaban J connectivity index is 2.85. The van der Waals surface area contributed by atoms with Crippen LogP contribution in [0.25, 0.3) is 0 Å². The molecule has 0 aliphatic rings. The summed E-state index contributed by atoms with van der Waals surface area (Å²) in [5.41, 5.74) is 5.16. The number of hydrogen-bond donors (Lipinski definition) is 1. The lowest BCUT2D eigenvalue weighted by Gasteiger charge is -2.14. The largest absolute Gasteiger partial charge is 0.316 e. The first kappa shape index (κ1) is 8.98. The second-order valence-corrected chi connectivity index (χ2v) is 2.57. The van der Waals surface area contributed by atoms with Gasteiger partial charge in [-0.05, 0) is 5.21 Å². The van der Waals surface area contributed by atoms with Crippen molar-refractivity contribution in [2.45, 2.75) is 18.9 Å². The van der Waals surface area contributed by atoms with Gasteiger partial charge in [-0.15, -0.1) is 10.2 Å². The summed E-state index contributed by atoms with van der Waals surface area (Å²) in [5.74, 6) is -3.17. The molecule has 0 saturated carbocycles. The van der Waals surface area contributed by atoms with Crippen LogP contribution in [0.5, 0.6) is 0 Å². The van der Waals surface area contributed by atoms with Gasteiger partial charge in [0.2, 0.25) is 0 Å². The highest BCUT2D eigenvalue weighted by atomic mass is 19.3. The second-order valence-electron chi connectivity index (χ2n) is 2.57. The van der Waals surface area contributed by atoms with E-state index in [1.54, 1.807) is 0 Å². The van der Waals surface area contributed by atoms with Gasteiger partial charge in [-0.25, -0.2) is 8.78 Å². The molecule has 0 aliphatic carbocycles. The van der Waals surface area contributed by atoms with Crippen molar-refractivity contribution in [2.24, 2.45) is 12.8 Å². The summed E-state index contributed by atoms with van der Waals surface area (Å²) < 4.78 is 25.1.